The second-order valence-corrected chi connectivity index (χ2v) is 6.76. The van der Waals surface area contributed by atoms with E-state index in [4.69, 9.17) is 0 Å². The Morgan fingerprint density at radius 3 is 3.17 bits per heavy atom. The molecule has 1 aromatic heterocycles. The first-order valence-corrected chi connectivity index (χ1v) is 9.16. The Morgan fingerprint density at radius 2 is 2.30 bits per heavy atom. The maximum atomic E-state index is 12.2. The van der Waals surface area contributed by atoms with Gasteiger partial charge in [-0.25, -0.2) is 4.98 Å². The van der Waals surface area contributed by atoms with Crippen LogP contribution in [0.1, 0.15) is 49.2 Å². The molecule has 1 amide bonds. The minimum atomic E-state index is 0.0403. The minimum Gasteiger partial charge on any atom is -0.349 e. The molecule has 122 valence electrons. The van der Waals surface area contributed by atoms with Crippen LogP contribution in [0.2, 0.25) is 0 Å². The summed E-state index contributed by atoms with van der Waals surface area (Å²) in [5.74, 6) is 1.28. The number of carbonyl (C=O) groups is 1. The zero-order valence-corrected chi connectivity index (χ0v) is 14.2. The highest BCUT2D eigenvalue weighted by Crippen LogP contribution is 2.29. The van der Waals surface area contributed by atoms with E-state index in [1.807, 2.05) is 6.07 Å². The Labute approximate surface area is 140 Å². The van der Waals surface area contributed by atoms with Gasteiger partial charge in [0.05, 0.1) is 11.8 Å². The van der Waals surface area contributed by atoms with E-state index in [0.717, 1.165) is 37.9 Å². The van der Waals surface area contributed by atoms with Crippen LogP contribution in [0.4, 0.5) is 0 Å². The first-order valence-electron chi connectivity index (χ1n) is 8.17. The zero-order valence-electron chi connectivity index (χ0n) is 13.3. The van der Waals surface area contributed by atoms with Crippen molar-refractivity contribution in [2.45, 2.75) is 50.2 Å². The molecular weight excluding hydrogens is 308 g/mol. The highest BCUT2D eigenvalue weighted by molar-refractivity contribution is 7.99. The molecule has 2 N–H and O–H groups in total. The van der Waals surface area contributed by atoms with Gasteiger partial charge in [0.25, 0.3) is 0 Å². The summed E-state index contributed by atoms with van der Waals surface area (Å²) in [4.78, 5) is 16.6. The zero-order chi connectivity index (χ0) is 16.1. The van der Waals surface area contributed by atoms with Gasteiger partial charge in [0.1, 0.15) is 5.82 Å². The van der Waals surface area contributed by atoms with Gasteiger partial charge in [0.15, 0.2) is 0 Å². The molecule has 0 radical (unpaired) electrons. The van der Waals surface area contributed by atoms with Crippen molar-refractivity contribution >= 4 is 17.7 Å². The minimum absolute atomic E-state index is 0.0403. The van der Waals surface area contributed by atoms with Crippen LogP contribution < -0.4 is 5.32 Å². The molecule has 0 aliphatic heterocycles. The van der Waals surface area contributed by atoms with Crippen molar-refractivity contribution in [2.75, 3.05) is 5.75 Å². The maximum absolute atomic E-state index is 12.2. The van der Waals surface area contributed by atoms with Crippen molar-refractivity contribution in [3.8, 4) is 0 Å². The van der Waals surface area contributed by atoms with Crippen LogP contribution in [0.3, 0.4) is 0 Å². The van der Waals surface area contributed by atoms with Gasteiger partial charge in [-0.15, -0.1) is 5.10 Å². The van der Waals surface area contributed by atoms with E-state index in [2.05, 4.69) is 45.6 Å². The molecule has 0 saturated heterocycles. The van der Waals surface area contributed by atoms with Gasteiger partial charge < -0.3 is 5.32 Å². The van der Waals surface area contributed by atoms with Crippen LogP contribution in [0, 0.1) is 0 Å². The molecule has 0 bridgehead atoms. The Morgan fingerprint density at radius 1 is 1.43 bits per heavy atom. The number of aromatic nitrogens is 3. The fourth-order valence-electron chi connectivity index (χ4n) is 2.96. The van der Waals surface area contributed by atoms with Gasteiger partial charge in [0.2, 0.25) is 11.1 Å². The number of aryl methyl sites for hydroxylation is 2. The molecule has 1 atom stereocenters. The van der Waals surface area contributed by atoms with Gasteiger partial charge in [0, 0.05) is 6.42 Å². The predicted molar refractivity (Wildman–Crippen MR) is 91.4 cm³/mol. The van der Waals surface area contributed by atoms with Crippen LogP contribution in [-0.2, 0) is 17.6 Å². The number of hydrogen-bond acceptors (Lipinski definition) is 4. The number of thioether (sulfide) groups is 1. The van der Waals surface area contributed by atoms with Crippen molar-refractivity contribution in [1.82, 2.24) is 20.5 Å². The predicted octanol–water partition coefficient (Wildman–Crippen LogP) is 3.04. The number of amides is 1. The van der Waals surface area contributed by atoms with Gasteiger partial charge in [-0.05, 0) is 36.8 Å². The first kappa shape index (κ1) is 16.1. The van der Waals surface area contributed by atoms with Crippen LogP contribution in [0.25, 0.3) is 0 Å². The molecule has 0 spiro atoms. The largest absolute Gasteiger partial charge is 0.349 e. The molecular formula is C17H22N4OS. The summed E-state index contributed by atoms with van der Waals surface area (Å²) in [6.07, 6.45) is 5.15. The first-order chi connectivity index (χ1) is 11.3. The van der Waals surface area contributed by atoms with Crippen LogP contribution in [-0.4, -0.2) is 26.8 Å². The Kier molecular flexibility index (Phi) is 5.33. The molecule has 0 saturated carbocycles. The fourth-order valence-corrected chi connectivity index (χ4v) is 3.59. The van der Waals surface area contributed by atoms with Gasteiger partial charge >= 0.3 is 0 Å². The lowest BCUT2D eigenvalue weighted by molar-refractivity contribution is -0.119. The van der Waals surface area contributed by atoms with Crippen molar-refractivity contribution < 1.29 is 4.79 Å². The average molecular weight is 330 g/mol. The molecule has 1 heterocycles. The smallest absolute Gasteiger partial charge is 0.230 e. The van der Waals surface area contributed by atoms with Crippen molar-refractivity contribution in [2.24, 2.45) is 0 Å². The Hall–Kier alpha value is -1.82. The van der Waals surface area contributed by atoms with Crippen molar-refractivity contribution in [3.63, 3.8) is 0 Å². The molecule has 1 aliphatic carbocycles. The molecule has 1 aliphatic rings. The number of hydrogen-bond donors (Lipinski definition) is 2. The standard InChI is InChI=1S/C17H22N4OS/c1-2-6-15-19-17(21-20-15)23-11-16(22)18-14-10-5-8-12-7-3-4-9-13(12)14/h3-4,7,9,14H,2,5-6,8,10-11H2,1H3,(H,18,22)(H,19,20,21). The maximum Gasteiger partial charge on any atom is 0.230 e. The molecule has 23 heavy (non-hydrogen) atoms. The number of benzene rings is 1. The van der Waals surface area contributed by atoms with E-state index in [1.54, 1.807) is 0 Å². The van der Waals surface area contributed by atoms with E-state index in [-0.39, 0.29) is 11.9 Å². The normalized spacial score (nSPS) is 16.8. The lowest BCUT2D eigenvalue weighted by Crippen LogP contribution is -2.32. The van der Waals surface area contributed by atoms with E-state index in [1.165, 1.54) is 22.9 Å². The van der Waals surface area contributed by atoms with Crippen molar-refractivity contribution in [1.29, 1.82) is 0 Å². The molecule has 1 unspecified atom stereocenters. The average Bonchev–Trinajstić information content (AvgIpc) is 3.01. The Bertz CT molecular complexity index is 670. The third-order valence-corrected chi connectivity index (χ3v) is 4.88. The van der Waals surface area contributed by atoms with E-state index >= 15 is 0 Å². The lowest BCUT2D eigenvalue weighted by atomic mass is 9.88. The molecule has 1 aromatic carbocycles. The topological polar surface area (TPSA) is 70.7 Å². The summed E-state index contributed by atoms with van der Waals surface area (Å²) in [6.45, 7) is 2.10. The summed E-state index contributed by atoms with van der Waals surface area (Å²) < 4.78 is 0. The number of aromatic amines is 1. The number of carbonyl (C=O) groups excluding carboxylic acids is 1. The van der Waals surface area contributed by atoms with Crippen LogP contribution >= 0.6 is 11.8 Å². The highest BCUT2D eigenvalue weighted by atomic mass is 32.2. The second-order valence-electron chi connectivity index (χ2n) is 5.81. The monoisotopic (exact) mass is 330 g/mol. The third-order valence-electron chi connectivity index (χ3n) is 4.04. The number of nitrogens with zero attached hydrogens (tertiary/aromatic N) is 2. The fraction of sp³-hybridized carbons (Fsp3) is 0.471. The third kappa shape index (κ3) is 4.13. The summed E-state index contributed by atoms with van der Waals surface area (Å²) in [6, 6.07) is 8.53. The molecule has 3 rings (SSSR count). The summed E-state index contributed by atoms with van der Waals surface area (Å²) >= 11 is 1.38. The number of nitrogens with one attached hydrogen (secondary N) is 2. The summed E-state index contributed by atoms with van der Waals surface area (Å²) in [5.41, 5.74) is 2.62. The quantitative estimate of drug-likeness (QED) is 0.799. The molecule has 0 fully saturated rings. The highest BCUT2D eigenvalue weighted by Gasteiger charge is 2.21. The van der Waals surface area contributed by atoms with Crippen LogP contribution in [0.15, 0.2) is 29.4 Å². The van der Waals surface area contributed by atoms with E-state index < -0.39 is 0 Å². The molecule has 5 nitrogen and oxygen atoms in total. The van der Waals surface area contributed by atoms with Gasteiger partial charge in [-0.1, -0.05) is 43.0 Å². The van der Waals surface area contributed by atoms with Crippen molar-refractivity contribution in [3.05, 3.63) is 41.2 Å². The molecule has 2 aromatic rings. The molecule has 6 heteroatoms. The van der Waals surface area contributed by atoms with Crippen LogP contribution in [0.5, 0.6) is 0 Å². The van der Waals surface area contributed by atoms with E-state index in [9.17, 15) is 4.79 Å². The number of H-pyrrole nitrogens is 1. The number of rotatable bonds is 6. The summed E-state index contributed by atoms with van der Waals surface area (Å²) in [5, 5.41) is 10.8. The second kappa shape index (κ2) is 7.64. The number of fused-ring (bicyclic) bond motifs is 1. The van der Waals surface area contributed by atoms with Gasteiger partial charge in [-0.2, -0.15) is 0 Å². The Balaban J connectivity index is 1.53. The lowest BCUT2D eigenvalue weighted by Gasteiger charge is -2.26. The summed E-state index contributed by atoms with van der Waals surface area (Å²) in [7, 11) is 0. The van der Waals surface area contributed by atoms with Gasteiger partial charge in [-0.3, -0.25) is 9.89 Å². The van der Waals surface area contributed by atoms with E-state index in [0.29, 0.717) is 10.9 Å². The SMILES string of the molecule is CCCc1nc(SCC(=O)NC2CCCc3ccccc32)n[nH]1.